The van der Waals surface area contributed by atoms with E-state index in [0.717, 1.165) is 12.1 Å². The van der Waals surface area contributed by atoms with Crippen LogP contribution in [-0.2, 0) is 0 Å². The molecule has 0 bridgehead atoms. The zero-order valence-electron chi connectivity index (χ0n) is 11.5. The van der Waals surface area contributed by atoms with E-state index in [9.17, 15) is 4.79 Å². The van der Waals surface area contributed by atoms with E-state index >= 15 is 0 Å². The smallest absolute Gasteiger partial charge is 0.179 e. The Labute approximate surface area is 104 Å². The molecule has 17 heavy (non-hydrogen) atoms. The fourth-order valence-electron chi connectivity index (χ4n) is 1.93. The summed E-state index contributed by atoms with van der Waals surface area (Å²) < 4.78 is 0. The van der Waals surface area contributed by atoms with Crippen molar-refractivity contribution in [2.24, 2.45) is 5.92 Å². The highest BCUT2D eigenvalue weighted by atomic mass is 16.1. The molecule has 2 nitrogen and oxygen atoms in total. The Morgan fingerprint density at radius 1 is 1.24 bits per heavy atom. The van der Waals surface area contributed by atoms with Crippen molar-refractivity contribution in [2.45, 2.75) is 40.7 Å². The van der Waals surface area contributed by atoms with Gasteiger partial charge in [0.25, 0.3) is 0 Å². The number of likely N-dealkylation sites (N-methyl/N-ethyl adjacent to an activating group) is 1. The molecule has 2 heteroatoms. The van der Waals surface area contributed by atoms with Crippen LogP contribution < -0.4 is 5.32 Å². The van der Waals surface area contributed by atoms with Crippen molar-refractivity contribution in [1.82, 2.24) is 5.32 Å². The van der Waals surface area contributed by atoms with Gasteiger partial charge in [-0.25, -0.2) is 0 Å². The highest BCUT2D eigenvalue weighted by Gasteiger charge is 2.22. The van der Waals surface area contributed by atoms with Crippen LogP contribution in [0.15, 0.2) is 18.2 Å². The van der Waals surface area contributed by atoms with Gasteiger partial charge in [0.05, 0.1) is 6.04 Å². The number of nitrogens with one attached hydrogen (secondary N) is 1. The molecule has 0 saturated heterocycles. The quantitative estimate of drug-likeness (QED) is 0.792. The first-order chi connectivity index (χ1) is 7.97. The summed E-state index contributed by atoms with van der Waals surface area (Å²) in [5, 5.41) is 3.26. The second-order valence-electron chi connectivity index (χ2n) is 4.94. The van der Waals surface area contributed by atoms with Gasteiger partial charge in [0, 0.05) is 5.56 Å². The number of carbonyl (C=O) groups excluding carboxylic acids is 1. The summed E-state index contributed by atoms with van der Waals surface area (Å²) in [6.07, 6.45) is 0. The maximum Gasteiger partial charge on any atom is 0.179 e. The van der Waals surface area contributed by atoms with Crippen molar-refractivity contribution in [3.05, 3.63) is 34.9 Å². The molecular weight excluding hydrogens is 210 g/mol. The number of Topliss-reactive ketones (excluding diaryl/α,β-unsaturated/α-hetero) is 1. The number of hydrogen-bond donors (Lipinski definition) is 1. The van der Waals surface area contributed by atoms with Gasteiger partial charge in [-0.15, -0.1) is 0 Å². The third-order valence-electron chi connectivity index (χ3n) is 3.16. The standard InChI is InChI=1S/C15H23NO/c1-6-16-14(10(2)3)15(17)13-8-7-11(4)12(5)9-13/h7-10,14,16H,6H2,1-5H3. The minimum atomic E-state index is -0.0814. The summed E-state index contributed by atoms with van der Waals surface area (Å²) >= 11 is 0. The second kappa shape index (κ2) is 5.97. The van der Waals surface area contributed by atoms with Gasteiger partial charge in [0.1, 0.15) is 0 Å². The van der Waals surface area contributed by atoms with Gasteiger partial charge < -0.3 is 5.32 Å². The van der Waals surface area contributed by atoms with Crippen molar-refractivity contribution in [3.8, 4) is 0 Å². The van der Waals surface area contributed by atoms with E-state index in [4.69, 9.17) is 0 Å². The molecule has 1 aromatic rings. The van der Waals surface area contributed by atoms with Crippen molar-refractivity contribution in [3.63, 3.8) is 0 Å². The van der Waals surface area contributed by atoms with Gasteiger partial charge in [-0.1, -0.05) is 32.9 Å². The summed E-state index contributed by atoms with van der Waals surface area (Å²) in [7, 11) is 0. The number of rotatable bonds is 5. The summed E-state index contributed by atoms with van der Waals surface area (Å²) in [6.45, 7) is 11.1. The highest BCUT2D eigenvalue weighted by molar-refractivity contribution is 6.00. The zero-order valence-corrected chi connectivity index (χ0v) is 11.5. The van der Waals surface area contributed by atoms with Crippen LogP contribution in [0.1, 0.15) is 42.3 Å². The number of aryl methyl sites for hydroxylation is 2. The highest BCUT2D eigenvalue weighted by Crippen LogP contribution is 2.14. The molecule has 94 valence electrons. The van der Waals surface area contributed by atoms with Crippen molar-refractivity contribution in [1.29, 1.82) is 0 Å². The average Bonchev–Trinajstić information content (AvgIpc) is 2.28. The van der Waals surface area contributed by atoms with E-state index < -0.39 is 0 Å². The maximum absolute atomic E-state index is 12.4. The monoisotopic (exact) mass is 233 g/mol. The van der Waals surface area contributed by atoms with Crippen molar-refractivity contribution >= 4 is 5.78 Å². The molecule has 1 N–H and O–H groups in total. The molecule has 0 fully saturated rings. The van der Waals surface area contributed by atoms with Crippen LogP contribution in [0.2, 0.25) is 0 Å². The predicted molar refractivity (Wildman–Crippen MR) is 72.5 cm³/mol. The molecule has 1 atom stereocenters. The molecular formula is C15H23NO. The minimum absolute atomic E-state index is 0.0814. The summed E-state index contributed by atoms with van der Waals surface area (Å²) in [6, 6.07) is 5.86. The topological polar surface area (TPSA) is 29.1 Å². The molecule has 0 amide bonds. The Balaban J connectivity index is 2.97. The number of carbonyl (C=O) groups is 1. The Kier molecular flexibility index (Phi) is 4.88. The molecule has 0 aliphatic heterocycles. The molecule has 1 rings (SSSR count). The molecule has 0 aromatic heterocycles. The molecule has 1 aromatic carbocycles. The van der Waals surface area contributed by atoms with E-state index in [-0.39, 0.29) is 11.8 Å². The molecule has 0 saturated carbocycles. The zero-order chi connectivity index (χ0) is 13.0. The van der Waals surface area contributed by atoms with Crippen LogP contribution >= 0.6 is 0 Å². The Bertz CT molecular complexity index is 396. The third kappa shape index (κ3) is 3.40. The average molecular weight is 233 g/mol. The second-order valence-corrected chi connectivity index (χ2v) is 4.94. The van der Waals surface area contributed by atoms with Crippen LogP contribution in [0.25, 0.3) is 0 Å². The van der Waals surface area contributed by atoms with E-state index in [0.29, 0.717) is 5.92 Å². The van der Waals surface area contributed by atoms with Gasteiger partial charge in [0.15, 0.2) is 5.78 Å². The number of benzene rings is 1. The predicted octanol–water partition coefficient (Wildman–Crippen LogP) is 3.12. The molecule has 0 aliphatic rings. The molecule has 0 spiro atoms. The first-order valence-electron chi connectivity index (χ1n) is 6.32. The number of ketones is 1. The summed E-state index contributed by atoms with van der Waals surface area (Å²) in [5.74, 6) is 0.508. The van der Waals surface area contributed by atoms with Crippen LogP contribution in [0.4, 0.5) is 0 Å². The lowest BCUT2D eigenvalue weighted by Crippen LogP contribution is -2.40. The Hall–Kier alpha value is -1.15. The van der Waals surface area contributed by atoms with Crippen LogP contribution in [0.3, 0.4) is 0 Å². The largest absolute Gasteiger partial charge is 0.307 e. The Morgan fingerprint density at radius 3 is 2.35 bits per heavy atom. The van der Waals surface area contributed by atoms with E-state index in [1.54, 1.807) is 0 Å². The SMILES string of the molecule is CCNC(C(=O)c1ccc(C)c(C)c1)C(C)C. The van der Waals surface area contributed by atoms with Crippen molar-refractivity contribution in [2.75, 3.05) is 6.54 Å². The normalized spacial score (nSPS) is 12.8. The lowest BCUT2D eigenvalue weighted by molar-refractivity contribution is 0.0918. The van der Waals surface area contributed by atoms with Gasteiger partial charge in [0.2, 0.25) is 0 Å². The Morgan fingerprint density at radius 2 is 1.88 bits per heavy atom. The lowest BCUT2D eigenvalue weighted by atomic mass is 9.93. The van der Waals surface area contributed by atoms with Gasteiger partial charge >= 0.3 is 0 Å². The minimum Gasteiger partial charge on any atom is -0.307 e. The lowest BCUT2D eigenvalue weighted by Gasteiger charge is -2.20. The first-order valence-corrected chi connectivity index (χ1v) is 6.32. The first kappa shape index (κ1) is 13.9. The van der Waals surface area contributed by atoms with Crippen LogP contribution in [-0.4, -0.2) is 18.4 Å². The maximum atomic E-state index is 12.4. The third-order valence-corrected chi connectivity index (χ3v) is 3.16. The van der Waals surface area contributed by atoms with Gasteiger partial charge in [-0.05, 0) is 43.5 Å². The van der Waals surface area contributed by atoms with Gasteiger partial charge in [-0.2, -0.15) is 0 Å². The molecule has 0 radical (unpaired) electrons. The van der Waals surface area contributed by atoms with E-state index in [1.165, 1.54) is 11.1 Å². The molecule has 0 heterocycles. The molecule has 1 unspecified atom stereocenters. The molecule has 0 aliphatic carbocycles. The number of hydrogen-bond acceptors (Lipinski definition) is 2. The van der Waals surface area contributed by atoms with Crippen LogP contribution in [0, 0.1) is 19.8 Å². The summed E-state index contributed by atoms with van der Waals surface area (Å²) in [4.78, 5) is 12.4. The van der Waals surface area contributed by atoms with Crippen LogP contribution in [0.5, 0.6) is 0 Å². The van der Waals surface area contributed by atoms with Crippen molar-refractivity contribution < 1.29 is 4.79 Å². The fraction of sp³-hybridized carbons (Fsp3) is 0.533. The van der Waals surface area contributed by atoms with E-state index in [2.05, 4.69) is 26.1 Å². The van der Waals surface area contributed by atoms with E-state index in [1.807, 2.05) is 32.0 Å². The fourth-order valence-corrected chi connectivity index (χ4v) is 1.93. The summed E-state index contributed by atoms with van der Waals surface area (Å²) in [5.41, 5.74) is 3.22. The van der Waals surface area contributed by atoms with Gasteiger partial charge in [-0.3, -0.25) is 4.79 Å².